The van der Waals surface area contributed by atoms with Crippen molar-refractivity contribution in [1.29, 1.82) is 0 Å². The fourth-order valence-corrected chi connectivity index (χ4v) is 4.83. The molecule has 1 N–H and O–H groups in total. The summed E-state index contributed by atoms with van der Waals surface area (Å²) in [5.41, 5.74) is 0.684. The van der Waals surface area contributed by atoms with E-state index < -0.39 is 34.1 Å². The molecule has 7 nitrogen and oxygen atoms in total. The molecule has 10 heteroatoms. The first-order chi connectivity index (χ1) is 15.2. The van der Waals surface area contributed by atoms with E-state index in [0.29, 0.717) is 10.2 Å². The van der Waals surface area contributed by atoms with Crippen LogP contribution in [0.15, 0.2) is 57.5 Å². The van der Waals surface area contributed by atoms with E-state index in [2.05, 4.69) is 37.2 Å². The summed E-state index contributed by atoms with van der Waals surface area (Å²) in [4.78, 5) is 27.8. The zero-order chi connectivity index (χ0) is 25.0. The standard InChI is InChI=1S/C23H29Br2N3O4S/c1-16(22(30)26-23(2,3)4)27(14-17-10-12-18(24)13-11-17)21(29)15-28(33(5,31)32)20-9-7-6-8-19(20)25/h6-13,16H,14-15H2,1-5H3,(H,26,30). The third kappa shape index (κ3) is 8.12. The number of halogens is 2. The highest BCUT2D eigenvalue weighted by atomic mass is 79.9. The summed E-state index contributed by atoms with van der Waals surface area (Å²) in [6.07, 6.45) is 1.05. The van der Waals surface area contributed by atoms with Gasteiger partial charge in [0, 0.05) is 21.0 Å². The topological polar surface area (TPSA) is 86.8 Å². The molecule has 0 saturated carbocycles. The molecule has 1 atom stereocenters. The predicted molar refractivity (Wildman–Crippen MR) is 138 cm³/mol. The Bertz CT molecular complexity index is 1100. The lowest BCUT2D eigenvalue weighted by Gasteiger charge is -2.33. The van der Waals surface area contributed by atoms with Gasteiger partial charge in [0.15, 0.2) is 0 Å². The number of amides is 2. The van der Waals surface area contributed by atoms with Crippen molar-refractivity contribution in [3.05, 3.63) is 63.0 Å². The van der Waals surface area contributed by atoms with Crippen molar-refractivity contribution in [2.45, 2.75) is 45.8 Å². The van der Waals surface area contributed by atoms with Gasteiger partial charge in [0.1, 0.15) is 12.6 Å². The maximum Gasteiger partial charge on any atom is 0.244 e. The quantitative estimate of drug-likeness (QED) is 0.488. The molecule has 1 unspecified atom stereocenters. The molecule has 180 valence electrons. The Hall–Kier alpha value is -1.91. The van der Waals surface area contributed by atoms with Gasteiger partial charge in [-0.15, -0.1) is 0 Å². The SMILES string of the molecule is CC(C(=O)NC(C)(C)C)N(Cc1ccc(Br)cc1)C(=O)CN(c1ccccc1Br)S(C)(=O)=O. The highest BCUT2D eigenvalue weighted by Gasteiger charge is 2.31. The van der Waals surface area contributed by atoms with Crippen LogP contribution < -0.4 is 9.62 Å². The van der Waals surface area contributed by atoms with Gasteiger partial charge in [0.25, 0.3) is 0 Å². The Morgan fingerprint density at radius 1 is 1.03 bits per heavy atom. The largest absolute Gasteiger partial charge is 0.350 e. The van der Waals surface area contributed by atoms with Gasteiger partial charge in [-0.1, -0.05) is 40.2 Å². The van der Waals surface area contributed by atoms with Gasteiger partial charge in [0.05, 0.1) is 11.9 Å². The average Bonchev–Trinajstić information content (AvgIpc) is 2.69. The molecule has 0 fully saturated rings. The number of hydrogen-bond donors (Lipinski definition) is 1. The van der Waals surface area contributed by atoms with Gasteiger partial charge in [0.2, 0.25) is 21.8 Å². The molecule has 0 aliphatic carbocycles. The lowest BCUT2D eigenvalue weighted by molar-refractivity contribution is -0.140. The van der Waals surface area contributed by atoms with Crippen LogP contribution >= 0.6 is 31.9 Å². The molecule has 0 spiro atoms. The van der Waals surface area contributed by atoms with E-state index in [-0.39, 0.29) is 12.5 Å². The maximum atomic E-state index is 13.5. The van der Waals surface area contributed by atoms with E-state index >= 15 is 0 Å². The van der Waals surface area contributed by atoms with E-state index in [1.54, 1.807) is 31.2 Å². The zero-order valence-electron chi connectivity index (χ0n) is 19.3. The number of carbonyl (C=O) groups excluding carboxylic acids is 2. The Balaban J connectivity index is 2.41. The third-order valence-corrected chi connectivity index (χ3v) is 7.06. The minimum atomic E-state index is -3.77. The lowest BCUT2D eigenvalue weighted by atomic mass is 10.1. The molecule has 0 bridgehead atoms. The fraction of sp³-hybridized carbons (Fsp3) is 0.391. The second-order valence-electron chi connectivity index (χ2n) is 8.78. The fourth-order valence-electron chi connectivity index (χ4n) is 3.09. The van der Waals surface area contributed by atoms with E-state index in [0.717, 1.165) is 20.6 Å². The summed E-state index contributed by atoms with van der Waals surface area (Å²) in [6.45, 7) is 6.93. The molecular formula is C23H29Br2N3O4S. The van der Waals surface area contributed by atoms with Gasteiger partial charge in [-0.05, 0) is 73.5 Å². The van der Waals surface area contributed by atoms with Crippen LogP contribution in [0, 0.1) is 0 Å². The number of carbonyl (C=O) groups is 2. The average molecular weight is 603 g/mol. The number of benzene rings is 2. The summed E-state index contributed by atoms with van der Waals surface area (Å²) < 4.78 is 27.6. The smallest absolute Gasteiger partial charge is 0.244 e. The monoisotopic (exact) mass is 601 g/mol. The van der Waals surface area contributed by atoms with Crippen molar-refractivity contribution in [1.82, 2.24) is 10.2 Å². The molecule has 0 saturated heterocycles. The van der Waals surface area contributed by atoms with Crippen LogP contribution in [0.1, 0.15) is 33.3 Å². The van der Waals surface area contributed by atoms with Crippen molar-refractivity contribution in [2.75, 3.05) is 17.1 Å². The third-order valence-electron chi connectivity index (χ3n) is 4.73. The molecule has 2 amide bonds. The number of sulfonamides is 1. The molecule has 0 heterocycles. The Kier molecular flexibility index (Phi) is 9.12. The van der Waals surface area contributed by atoms with E-state index in [4.69, 9.17) is 0 Å². The minimum Gasteiger partial charge on any atom is -0.350 e. The van der Waals surface area contributed by atoms with Crippen LogP contribution in [0.4, 0.5) is 5.69 Å². The van der Waals surface area contributed by atoms with Crippen LogP contribution in [-0.2, 0) is 26.2 Å². The van der Waals surface area contributed by atoms with Crippen LogP contribution in [-0.4, -0.2) is 49.5 Å². The summed E-state index contributed by atoms with van der Waals surface area (Å²) >= 11 is 6.75. The summed E-state index contributed by atoms with van der Waals surface area (Å²) in [5, 5.41) is 2.89. The van der Waals surface area contributed by atoms with Crippen molar-refractivity contribution >= 4 is 59.4 Å². The Labute approximate surface area is 212 Å². The number of nitrogens with one attached hydrogen (secondary N) is 1. The van der Waals surface area contributed by atoms with Gasteiger partial charge >= 0.3 is 0 Å². The van der Waals surface area contributed by atoms with Gasteiger partial charge < -0.3 is 10.2 Å². The molecular weight excluding hydrogens is 574 g/mol. The molecule has 33 heavy (non-hydrogen) atoms. The van der Waals surface area contributed by atoms with Crippen molar-refractivity contribution < 1.29 is 18.0 Å². The van der Waals surface area contributed by atoms with E-state index in [1.165, 1.54) is 4.90 Å². The van der Waals surface area contributed by atoms with Crippen molar-refractivity contribution in [3.8, 4) is 0 Å². The molecule has 0 aliphatic heterocycles. The van der Waals surface area contributed by atoms with Gasteiger partial charge in [-0.2, -0.15) is 0 Å². The van der Waals surface area contributed by atoms with Crippen molar-refractivity contribution in [3.63, 3.8) is 0 Å². The summed E-state index contributed by atoms with van der Waals surface area (Å²) in [5.74, 6) is -0.810. The van der Waals surface area contributed by atoms with Crippen molar-refractivity contribution in [2.24, 2.45) is 0 Å². The van der Waals surface area contributed by atoms with E-state index in [9.17, 15) is 18.0 Å². The normalized spacial score (nSPS) is 12.7. The number of nitrogens with zero attached hydrogens (tertiary/aromatic N) is 2. The van der Waals surface area contributed by atoms with Crippen LogP contribution in [0.25, 0.3) is 0 Å². The Morgan fingerprint density at radius 2 is 1.61 bits per heavy atom. The number of rotatable bonds is 8. The lowest BCUT2D eigenvalue weighted by Crippen LogP contribution is -2.54. The number of para-hydroxylation sites is 1. The highest BCUT2D eigenvalue weighted by Crippen LogP contribution is 2.28. The zero-order valence-corrected chi connectivity index (χ0v) is 23.3. The van der Waals surface area contributed by atoms with Crippen LogP contribution in [0.5, 0.6) is 0 Å². The summed E-state index contributed by atoms with van der Waals surface area (Å²) in [7, 11) is -3.77. The first-order valence-corrected chi connectivity index (χ1v) is 13.7. The molecule has 0 radical (unpaired) electrons. The summed E-state index contributed by atoms with van der Waals surface area (Å²) in [6, 6.07) is 13.4. The second-order valence-corrected chi connectivity index (χ2v) is 12.5. The first kappa shape index (κ1) is 27.3. The molecule has 2 aromatic carbocycles. The second kappa shape index (κ2) is 11.0. The predicted octanol–water partition coefficient (Wildman–Crippen LogP) is 4.31. The van der Waals surface area contributed by atoms with Gasteiger partial charge in [-0.3, -0.25) is 13.9 Å². The Morgan fingerprint density at radius 3 is 2.12 bits per heavy atom. The molecule has 2 aromatic rings. The minimum absolute atomic E-state index is 0.151. The molecule has 0 aliphatic rings. The number of anilines is 1. The maximum absolute atomic E-state index is 13.5. The highest BCUT2D eigenvalue weighted by molar-refractivity contribution is 9.10. The number of hydrogen-bond acceptors (Lipinski definition) is 4. The van der Waals surface area contributed by atoms with Crippen LogP contribution in [0.3, 0.4) is 0 Å². The van der Waals surface area contributed by atoms with E-state index in [1.807, 2.05) is 45.0 Å². The first-order valence-electron chi connectivity index (χ1n) is 10.3. The molecule has 0 aromatic heterocycles. The van der Waals surface area contributed by atoms with Crippen LogP contribution in [0.2, 0.25) is 0 Å². The van der Waals surface area contributed by atoms with Gasteiger partial charge in [-0.25, -0.2) is 8.42 Å². The molecule has 2 rings (SSSR count).